The lowest BCUT2D eigenvalue weighted by molar-refractivity contribution is 0.355. The molecule has 0 amide bonds. The highest BCUT2D eigenvalue weighted by Crippen LogP contribution is 2.24. The molecule has 0 saturated carbocycles. The number of hydrogen-bond donors (Lipinski definition) is 1. The molecule has 0 aliphatic rings. The Morgan fingerprint density at radius 3 is 2.55 bits per heavy atom. The maximum atomic E-state index is 5.11. The van der Waals surface area contributed by atoms with Crippen molar-refractivity contribution >= 4 is 31.2 Å². The number of benzene rings is 1. The molecule has 1 aromatic heterocycles. The zero-order chi connectivity index (χ0) is 28.2. The number of fused-ring (bicyclic) bond motifs is 1. The van der Waals surface area contributed by atoms with Crippen LogP contribution in [0.15, 0.2) is 60.0 Å². The number of hydrogen-bond acceptors (Lipinski definition) is 4. The van der Waals surface area contributed by atoms with Crippen LogP contribution in [0.4, 0.5) is 0 Å². The molecule has 2 rings (SSSR count). The number of allylic oxidation sites excluding steroid dienone is 3. The van der Waals surface area contributed by atoms with Crippen LogP contribution >= 0.6 is 9.24 Å². The van der Waals surface area contributed by atoms with Gasteiger partial charge in [-0.25, -0.2) is 4.98 Å². The maximum absolute atomic E-state index is 5.11. The molecule has 2 aromatic rings. The molecule has 0 fully saturated rings. The minimum atomic E-state index is 0.362. The van der Waals surface area contributed by atoms with Gasteiger partial charge < -0.3 is 10.2 Å². The fraction of sp³-hybridized carbons (Fsp3) is 0.515. The average Bonchev–Trinajstić information content (AvgIpc) is 2.89. The van der Waals surface area contributed by atoms with Crippen LogP contribution < -0.4 is 10.6 Å². The Labute approximate surface area is 235 Å². The first kappa shape index (κ1) is 31.8. The van der Waals surface area contributed by atoms with Gasteiger partial charge in [0, 0.05) is 30.7 Å². The first-order valence-electron chi connectivity index (χ1n) is 14.3. The number of nitrogens with zero attached hydrogens (tertiary/aromatic N) is 3. The van der Waals surface area contributed by atoms with Gasteiger partial charge >= 0.3 is 0 Å². The molecule has 0 aliphatic carbocycles. The van der Waals surface area contributed by atoms with E-state index in [1.165, 1.54) is 28.2 Å². The number of nitrogens with one attached hydrogen (secondary N) is 1. The molecule has 2 unspecified atom stereocenters. The predicted molar refractivity (Wildman–Crippen MR) is 173 cm³/mol. The van der Waals surface area contributed by atoms with Crippen molar-refractivity contribution in [1.29, 1.82) is 0 Å². The molecular weight excluding hydrogens is 483 g/mol. The van der Waals surface area contributed by atoms with Crippen LogP contribution in [0.3, 0.4) is 0 Å². The van der Waals surface area contributed by atoms with Crippen molar-refractivity contribution in [2.45, 2.75) is 92.5 Å². The summed E-state index contributed by atoms with van der Waals surface area (Å²) >= 11 is 0. The summed E-state index contributed by atoms with van der Waals surface area (Å²) in [6, 6.07) is 7.14. The summed E-state index contributed by atoms with van der Waals surface area (Å²) < 4.78 is 0. The molecule has 0 aliphatic heterocycles. The summed E-state index contributed by atoms with van der Waals surface area (Å²) in [7, 11) is 5.07. The van der Waals surface area contributed by atoms with Crippen LogP contribution in [0, 0.1) is 5.92 Å². The van der Waals surface area contributed by atoms with Gasteiger partial charge in [-0.15, -0.1) is 15.8 Å². The highest BCUT2D eigenvalue weighted by Gasteiger charge is 2.14. The highest BCUT2D eigenvalue weighted by molar-refractivity contribution is 7.28. The molecule has 38 heavy (non-hydrogen) atoms. The highest BCUT2D eigenvalue weighted by atomic mass is 31.0. The monoisotopic (exact) mass is 534 g/mol. The van der Waals surface area contributed by atoms with E-state index in [2.05, 4.69) is 105 Å². The zero-order valence-corrected chi connectivity index (χ0v) is 26.2. The van der Waals surface area contributed by atoms with Gasteiger partial charge in [0.1, 0.15) is 0 Å². The van der Waals surface area contributed by atoms with E-state index in [-0.39, 0.29) is 0 Å². The second-order valence-electron chi connectivity index (χ2n) is 10.7. The second kappa shape index (κ2) is 15.8. The number of rotatable bonds is 16. The molecule has 1 aromatic carbocycles. The lowest BCUT2D eigenvalue weighted by Crippen LogP contribution is -2.34. The van der Waals surface area contributed by atoms with Gasteiger partial charge in [-0.05, 0) is 94.1 Å². The molecular formula is C33H51N4P. The summed E-state index contributed by atoms with van der Waals surface area (Å²) in [5, 5.41) is 6.07. The summed E-state index contributed by atoms with van der Waals surface area (Å²) in [5.41, 5.74) is 6.81. The number of aromatic nitrogens is 1. The minimum absolute atomic E-state index is 0.362. The molecule has 208 valence electrons. The van der Waals surface area contributed by atoms with Gasteiger partial charge in [0.05, 0.1) is 22.7 Å². The molecule has 2 atom stereocenters. The predicted octanol–water partition coefficient (Wildman–Crippen LogP) is 7.73. The minimum Gasteiger partial charge on any atom is -0.370 e. The zero-order valence-electron chi connectivity index (χ0n) is 25.0. The smallest absolute Gasteiger partial charge is 0.0938 e. The number of aliphatic imine (C=N–C) groups is 1. The summed E-state index contributed by atoms with van der Waals surface area (Å²) in [5.74, 6) is 1.39. The summed E-state index contributed by atoms with van der Waals surface area (Å²) in [6.07, 6.45) is 11.7. The van der Waals surface area contributed by atoms with E-state index in [9.17, 15) is 0 Å². The van der Waals surface area contributed by atoms with Gasteiger partial charge in [0.15, 0.2) is 0 Å². The Morgan fingerprint density at radius 2 is 1.92 bits per heavy atom. The van der Waals surface area contributed by atoms with E-state index < -0.39 is 0 Å². The second-order valence-corrected chi connectivity index (χ2v) is 11.3. The van der Waals surface area contributed by atoms with Crippen molar-refractivity contribution in [1.82, 2.24) is 15.2 Å². The van der Waals surface area contributed by atoms with Gasteiger partial charge in [-0.2, -0.15) is 0 Å². The Bertz CT molecular complexity index is 1150. The molecule has 0 bridgehead atoms. The van der Waals surface area contributed by atoms with Crippen molar-refractivity contribution in [3.8, 4) is 0 Å². The van der Waals surface area contributed by atoms with Crippen LogP contribution in [0.1, 0.15) is 90.5 Å². The van der Waals surface area contributed by atoms with Crippen molar-refractivity contribution in [2.24, 2.45) is 10.9 Å². The van der Waals surface area contributed by atoms with E-state index >= 15 is 0 Å². The fourth-order valence-corrected chi connectivity index (χ4v) is 5.26. The molecule has 1 heterocycles. The quantitative estimate of drug-likeness (QED) is 0.104. The maximum Gasteiger partial charge on any atom is 0.0938 e. The Hall–Kier alpha value is -2.45. The fourth-order valence-electron chi connectivity index (χ4n) is 4.74. The summed E-state index contributed by atoms with van der Waals surface area (Å²) in [6.45, 7) is 22.1. The van der Waals surface area contributed by atoms with Crippen LogP contribution in [0.25, 0.3) is 10.9 Å². The molecule has 1 N–H and O–H groups in total. The Morgan fingerprint density at radius 1 is 1.18 bits per heavy atom. The van der Waals surface area contributed by atoms with Gasteiger partial charge in [-0.3, -0.25) is 4.99 Å². The average molecular weight is 535 g/mol. The lowest BCUT2D eigenvalue weighted by Gasteiger charge is -2.26. The van der Waals surface area contributed by atoms with Crippen molar-refractivity contribution in [3.63, 3.8) is 0 Å². The molecule has 0 saturated heterocycles. The van der Waals surface area contributed by atoms with Crippen molar-refractivity contribution < 1.29 is 0 Å². The van der Waals surface area contributed by atoms with Crippen LogP contribution in [0.2, 0.25) is 0 Å². The van der Waals surface area contributed by atoms with Crippen LogP contribution in [-0.2, 0) is 12.8 Å². The molecule has 4 nitrogen and oxygen atoms in total. The third kappa shape index (κ3) is 9.09. The Kier molecular flexibility index (Phi) is 13.2. The number of pyridine rings is 1. The third-order valence-electron chi connectivity index (χ3n) is 7.24. The standard InChI is InChI=1S/C33H51N4P/c1-10-13-14-15-21-37(9)26(8)34-24(6)17-16-18-28-22-31(25(7)35-30(12-3)23(4)5)36-32-29(28)20-19-27(11-2)33(32)38/h10,12,19-20,22-24,34H,1,8,11,13-18,21,38H2,2-7,9H3/b30-12-,35-25?. The molecule has 0 radical (unpaired) electrons. The van der Waals surface area contributed by atoms with E-state index in [0.717, 1.165) is 73.5 Å². The van der Waals surface area contributed by atoms with Gasteiger partial charge in [0.25, 0.3) is 0 Å². The van der Waals surface area contributed by atoms with Crippen LogP contribution in [0.5, 0.6) is 0 Å². The molecule has 0 spiro atoms. The normalized spacial score (nSPS) is 13.2. The topological polar surface area (TPSA) is 40.5 Å². The van der Waals surface area contributed by atoms with Gasteiger partial charge in [0.2, 0.25) is 0 Å². The van der Waals surface area contributed by atoms with Gasteiger partial charge in [-0.1, -0.05) is 51.6 Å². The van der Waals surface area contributed by atoms with E-state index in [1.54, 1.807) is 0 Å². The number of aryl methyl sites for hydroxylation is 2. The van der Waals surface area contributed by atoms with E-state index in [1.807, 2.05) is 6.08 Å². The first-order valence-corrected chi connectivity index (χ1v) is 14.9. The lowest BCUT2D eigenvalue weighted by atomic mass is 9.98. The SMILES string of the molecule is C=CCCCCN(C)C(=C)NC(C)CCCc1cc(C(C)=N/C(=C\C)C(C)C)nc2c(P)c(CC)ccc12. The van der Waals surface area contributed by atoms with Crippen LogP contribution in [-0.4, -0.2) is 35.2 Å². The largest absolute Gasteiger partial charge is 0.370 e. The van der Waals surface area contributed by atoms with Crippen molar-refractivity contribution in [3.05, 3.63) is 71.8 Å². The van der Waals surface area contributed by atoms with E-state index in [0.29, 0.717) is 12.0 Å². The van der Waals surface area contributed by atoms with E-state index in [4.69, 9.17) is 9.98 Å². The first-order chi connectivity index (χ1) is 18.1. The molecule has 5 heteroatoms. The summed E-state index contributed by atoms with van der Waals surface area (Å²) in [4.78, 5) is 12.3. The third-order valence-corrected chi connectivity index (χ3v) is 7.89. The Balaban J connectivity index is 2.19. The number of unbranched alkanes of at least 4 members (excludes halogenated alkanes) is 2. The van der Waals surface area contributed by atoms with Crippen molar-refractivity contribution in [2.75, 3.05) is 13.6 Å².